The minimum Gasteiger partial charge on any atom is -0.250 e. The Labute approximate surface area is 40.4 Å². The van der Waals surface area contributed by atoms with Crippen LogP contribution in [0.1, 0.15) is 0 Å². The maximum Gasteiger partial charge on any atom is 0.172 e. The van der Waals surface area contributed by atoms with E-state index in [1.165, 1.54) is 7.05 Å². The van der Waals surface area contributed by atoms with Crippen LogP contribution in [0.5, 0.6) is 0 Å². The summed E-state index contributed by atoms with van der Waals surface area (Å²) in [5, 5.41) is 10.9. The molecule has 7 heavy (non-hydrogen) atoms. The van der Waals surface area contributed by atoms with Gasteiger partial charge in [-0.3, -0.25) is 0 Å². The zero-order valence-electron chi connectivity index (χ0n) is 3.87. The number of nitrogens with zero attached hydrogens (tertiary/aromatic N) is 2. The second-order valence-electron chi connectivity index (χ2n) is 0.997. The van der Waals surface area contributed by atoms with Crippen LogP contribution >= 0.6 is 0 Å². The zero-order valence-corrected chi connectivity index (χ0v) is 3.87. The Morgan fingerprint density at radius 1 is 2.00 bits per heavy atom. The van der Waals surface area contributed by atoms with Crippen molar-refractivity contribution in [3.05, 3.63) is 4.91 Å². The van der Waals surface area contributed by atoms with Gasteiger partial charge in [0, 0.05) is 7.05 Å². The van der Waals surface area contributed by atoms with Crippen molar-refractivity contribution in [3.8, 4) is 0 Å². The van der Waals surface area contributed by atoms with Crippen molar-refractivity contribution in [3.63, 3.8) is 0 Å². The van der Waals surface area contributed by atoms with E-state index in [-0.39, 0.29) is 6.73 Å². The van der Waals surface area contributed by atoms with Gasteiger partial charge in [0.15, 0.2) is 6.73 Å². The number of rotatable bonds is 3. The van der Waals surface area contributed by atoms with Gasteiger partial charge in [0.25, 0.3) is 0 Å². The molecule has 0 heterocycles. The van der Waals surface area contributed by atoms with Crippen molar-refractivity contribution in [2.45, 2.75) is 0 Å². The van der Waals surface area contributed by atoms with Crippen molar-refractivity contribution in [2.24, 2.45) is 5.29 Å². The Balaban J connectivity index is 2.98. The molecule has 0 aliphatic carbocycles. The van der Waals surface area contributed by atoms with Crippen LogP contribution in [0.4, 0.5) is 0 Å². The standard InChI is InChI=1S/C2H6N2O3/c1-4(3-5)2-7-6/h6H,2H2,1H3. The summed E-state index contributed by atoms with van der Waals surface area (Å²) in [5.41, 5.74) is 0. The Kier molecular flexibility index (Phi) is 3.17. The molecule has 0 spiro atoms. The molecule has 0 radical (unpaired) electrons. The first-order valence-corrected chi connectivity index (χ1v) is 1.62. The van der Waals surface area contributed by atoms with E-state index in [0.29, 0.717) is 0 Å². The molecule has 0 aromatic heterocycles. The van der Waals surface area contributed by atoms with E-state index in [9.17, 15) is 4.91 Å². The SMILES string of the molecule is CN(COO)N=O. The molecule has 0 saturated carbocycles. The van der Waals surface area contributed by atoms with Gasteiger partial charge in [-0.05, 0) is 0 Å². The Morgan fingerprint density at radius 3 is 2.71 bits per heavy atom. The molecular formula is C2H6N2O3. The van der Waals surface area contributed by atoms with Gasteiger partial charge in [-0.25, -0.2) is 15.2 Å². The van der Waals surface area contributed by atoms with E-state index in [2.05, 4.69) is 10.2 Å². The molecule has 5 heteroatoms. The van der Waals surface area contributed by atoms with Gasteiger partial charge in [-0.15, -0.1) is 4.91 Å². The topological polar surface area (TPSA) is 62.1 Å². The molecule has 0 bridgehead atoms. The summed E-state index contributed by atoms with van der Waals surface area (Å²) in [6, 6.07) is 0. The number of nitroso groups, excluding NO2 is 1. The quantitative estimate of drug-likeness (QED) is 0.239. The van der Waals surface area contributed by atoms with E-state index in [4.69, 9.17) is 5.26 Å². The first-order valence-electron chi connectivity index (χ1n) is 1.62. The third-order valence-electron chi connectivity index (χ3n) is 0.384. The lowest BCUT2D eigenvalue weighted by atomic mass is 11.1. The Bertz CT molecular complexity index is 56.9. The van der Waals surface area contributed by atoms with E-state index in [1.807, 2.05) is 0 Å². The second kappa shape index (κ2) is 3.51. The van der Waals surface area contributed by atoms with Gasteiger partial charge < -0.3 is 0 Å². The normalized spacial score (nSPS) is 8.29. The molecule has 0 amide bonds. The molecule has 0 fully saturated rings. The van der Waals surface area contributed by atoms with Crippen molar-refractivity contribution < 1.29 is 10.1 Å². The van der Waals surface area contributed by atoms with Gasteiger partial charge in [0.2, 0.25) is 0 Å². The van der Waals surface area contributed by atoms with Crippen molar-refractivity contribution >= 4 is 0 Å². The highest BCUT2D eigenvalue weighted by Crippen LogP contribution is 1.77. The first-order chi connectivity index (χ1) is 3.31. The van der Waals surface area contributed by atoms with Crippen LogP contribution in [0, 0.1) is 4.91 Å². The average Bonchev–Trinajstić information content (AvgIpc) is 1.68. The molecule has 0 saturated heterocycles. The van der Waals surface area contributed by atoms with E-state index in [1.54, 1.807) is 0 Å². The van der Waals surface area contributed by atoms with Gasteiger partial charge in [0.1, 0.15) is 0 Å². The van der Waals surface area contributed by atoms with Gasteiger partial charge >= 0.3 is 0 Å². The number of hydrogen-bond donors (Lipinski definition) is 1. The minimum atomic E-state index is -0.191. The fourth-order valence-electron chi connectivity index (χ4n) is 0.107. The molecule has 42 valence electrons. The molecule has 0 unspecified atom stereocenters. The summed E-state index contributed by atoms with van der Waals surface area (Å²) in [4.78, 5) is 12.9. The van der Waals surface area contributed by atoms with Crippen LogP contribution in [-0.4, -0.2) is 24.0 Å². The fraction of sp³-hybridized carbons (Fsp3) is 1.00. The Morgan fingerprint density at radius 2 is 2.57 bits per heavy atom. The van der Waals surface area contributed by atoms with Crippen molar-refractivity contribution in [1.29, 1.82) is 0 Å². The highest BCUT2D eigenvalue weighted by molar-refractivity contribution is 4.23. The summed E-state index contributed by atoms with van der Waals surface area (Å²) in [5.74, 6) is 0. The maximum atomic E-state index is 9.38. The summed E-state index contributed by atoms with van der Waals surface area (Å²) in [7, 11) is 1.38. The largest absolute Gasteiger partial charge is 0.250 e. The predicted octanol–water partition coefficient (Wildman–Crippen LogP) is 0.0467. The van der Waals surface area contributed by atoms with Gasteiger partial charge in [-0.1, -0.05) is 0 Å². The predicted molar refractivity (Wildman–Crippen MR) is 22.1 cm³/mol. The molecule has 0 aliphatic rings. The third-order valence-corrected chi connectivity index (χ3v) is 0.384. The number of hydrogen-bond acceptors (Lipinski definition) is 4. The molecule has 0 aromatic carbocycles. The van der Waals surface area contributed by atoms with E-state index >= 15 is 0 Å². The fourth-order valence-corrected chi connectivity index (χ4v) is 0.107. The second-order valence-corrected chi connectivity index (χ2v) is 0.997. The molecular weight excluding hydrogens is 100 g/mol. The van der Waals surface area contributed by atoms with E-state index < -0.39 is 0 Å². The smallest absolute Gasteiger partial charge is 0.172 e. The van der Waals surface area contributed by atoms with Gasteiger partial charge in [-0.2, -0.15) is 0 Å². The average molecular weight is 106 g/mol. The molecule has 0 atom stereocenters. The molecule has 0 aromatic rings. The monoisotopic (exact) mass is 106 g/mol. The maximum absolute atomic E-state index is 9.38. The van der Waals surface area contributed by atoms with Gasteiger partial charge in [0.05, 0.1) is 5.29 Å². The molecule has 5 nitrogen and oxygen atoms in total. The lowest BCUT2D eigenvalue weighted by Crippen LogP contribution is -2.12. The minimum absolute atomic E-state index is 0.191. The highest BCUT2D eigenvalue weighted by atomic mass is 17.1. The molecule has 0 aliphatic heterocycles. The van der Waals surface area contributed by atoms with Crippen LogP contribution in [0.3, 0.4) is 0 Å². The molecule has 0 rings (SSSR count). The Hall–Kier alpha value is -0.680. The zero-order chi connectivity index (χ0) is 5.70. The third kappa shape index (κ3) is 3.14. The highest BCUT2D eigenvalue weighted by Gasteiger charge is 1.87. The lowest BCUT2D eigenvalue weighted by Gasteiger charge is -2.01. The summed E-state index contributed by atoms with van der Waals surface area (Å²) >= 11 is 0. The summed E-state index contributed by atoms with van der Waals surface area (Å²) in [6.07, 6.45) is 0. The van der Waals surface area contributed by atoms with Crippen LogP contribution in [0.25, 0.3) is 0 Å². The molecule has 1 N–H and O–H groups in total. The van der Waals surface area contributed by atoms with Crippen LogP contribution < -0.4 is 0 Å². The van der Waals surface area contributed by atoms with Crippen LogP contribution in [-0.2, 0) is 4.89 Å². The summed E-state index contributed by atoms with van der Waals surface area (Å²) < 4.78 is 0. The first kappa shape index (κ1) is 6.32. The summed E-state index contributed by atoms with van der Waals surface area (Å²) in [6.45, 7) is -0.191. The lowest BCUT2D eigenvalue weighted by molar-refractivity contribution is -0.267. The van der Waals surface area contributed by atoms with Crippen LogP contribution in [0.2, 0.25) is 0 Å². The van der Waals surface area contributed by atoms with Crippen molar-refractivity contribution in [1.82, 2.24) is 5.01 Å². The van der Waals surface area contributed by atoms with E-state index in [0.717, 1.165) is 5.01 Å². The van der Waals surface area contributed by atoms with Crippen LogP contribution in [0.15, 0.2) is 5.29 Å². The van der Waals surface area contributed by atoms with Crippen molar-refractivity contribution in [2.75, 3.05) is 13.8 Å².